The number of hydrogen-bond donors (Lipinski definition) is 1. The fourth-order valence-electron chi connectivity index (χ4n) is 1.24. The van der Waals surface area contributed by atoms with Gasteiger partial charge in [0, 0.05) is 6.54 Å². The highest BCUT2D eigenvalue weighted by Gasteiger charge is 2.10. The van der Waals surface area contributed by atoms with Crippen LogP contribution in [0.5, 0.6) is 11.5 Å². The molecule has 4 heteroatoms. The molecule has 0 atom stereocenters. The molecular weight excluding hydrogens is 214 g/mol. The number of benzene rings is 1. The van der Waals surface area contributed by atoms with Crippen molar-refractivity contribution in [2.45, 2.75) is 19.9 Å². The molecule has 1 rings (SSSR count). The fraction of sp³-hybridized carbons (Fsp3) is 0.455. The summed E-state index contributed by atoms with van der Waals surface area (Å²) in [6, 6.07) is 3.64. The van der Waals surface area contributed by atoms with Crippen molar-refractivity contribution in [2.24, 2.45) is 5.73 Å². The minimum Gasteiger partial charge on any atom is -0.493 e. The largest absolute Gasteiger partial charge is 0.493 e. The van der Waals surface area contributed by atoms with Crippen molar-refractivity contribution in [3.8, 4) is 11.5 Å². The van der Waals surface area contributed by atoms with Gasteiger partial charge in [-0.05, 0) is 24.1 Å². The summed E-state index contributed by atoms with van der Waals surface area (Å²) in [5.41, 5.74) is 6.47. The van der Waals surface area contributed by atoms with Crippen LogP contribution in [0.3, 0.4) is 0 Å². The fourth-order valence-corrected chi connectivity index (χ4v) is 1.52. The van der Waals surface area contributed by atoms with E-state index in [4.69, 9.17) is 26.8 Å². The number of methoxy groups -OCH3 is 1. The zero-order valence-electron chi connectivity index (χ0n) is 9.05. The van der Waals surface area contributed by atoms with Gasteiger partial charge in [0.1, 0.15) is 0 Å². The van der Waals surface area contributed by atoms with Gasteiger partial charge in [-0.3, -0.25) is 0 Å². The molecule has 0 aliphatic heterocycles. The molecule has 1 aromatic rings. The number of nitrogens with two attached hydrogens (primary N) is 1. The Balaban J connectivity index is 3.01. The minimum absolute atomic E-state index is 0.435. The van der Waals surface area contributed by atoms with Crippen LogP contribution in [0.15, 0.2) is 12.1 Å². The van der Waals surface area contributed by atoms with Gasteiger partial charge >= 0.3 is 0 Å². The first-order valence-electron chi connectivity index (χ1n) is 4.92. The highest BCUT2D eigenvalue weighted by molar-refractivity contribution is 6.32. The van der Waals surface area contributed by atoms with Gasteiger partial charge in [0.25, 0.3) is 0 Å². The molecule has 0 bridgehead atoms. The third-order valence-corrected chi connectivity index (χ3v) is 2.26. The van der Waals surface area contributed by atoms with Crippen LogP contribution in [0.4, 0.5) is 0 Å². The van der Waals surface area contributed by atoms with Gasteiger partial charge in [0.2, 0.25) is 0 Å². The molecule has 0 radical (unpaired) electrons. The van der Waals surface area contributed by atoms with Crippen LogP contribution in [-0.4, -0.2) is 13.7 Å². The molecular formula is C11H16ClNO2. The molecule has 84 valence electrons. The summed E-state index contributed by atoms with van der Waals surface area (Å²) < 4.78 is 10.7. The molecule has 0 fully saturated rings. The van der Waals surface area contributed by atoms with E-state index in [0.717, 1.165) is 12.0 Å². The molecule has 0 saturated carbocycles. The Bertz CT molecular complexity index is 329. The molecule has 2 N–H and O–H groups in total. The lowest BCUT2D eigenvalue weighted by Gasteiger charge is -2.13. The molecule has 15 heavy (non-hydrogen) atoms. The summed E-state index contributed by atoms with van der Waals surface area (Å²) in [5.74, 6) is 1.23. The van der Waals surface area contributed by atoms with Gasteiger partial charge < -0.3 is 15.2 Å². The van der Waals surface area contributed by atoms with Crippen molar-refractivity contribution in [2.75, 3.05) is 13.7 Å². The summed E-state index contributed by atoms with van der Waals surface area (Å²) in [6.45, 7) is 3.09. The third kappa shape index (κ3) is 3.01. The smallest absolute Gasteiger partial charge is 0.179 e. The predicted molar refractivity (Wildman–Crippen MR) is 61.7 cm³/mol. The van der Waals surface area contributed by atoms with Gasteiger partial charge in [-0.2, -0.15) is 0 Å². The Morgan fingerprint density at radius 2 is 2.13 bits per heavy atom. The van der Waals surface area contributed by atoms with E-state index in [1.54, 1.807) is 13.2 Å². The lowest BCUT2D eigenvalue weighted by molar-refractivity contribution is 0.294. The third-order valence-electron chi connectivity index (χ3n) is 1.98. The van der Waals surface area contributed by atoms with E-state index in [-0.39, 0.29) is 0 Å². The van der Waals surface area contributed by atoms with Crippen molar-refractivity contribution in [3.63, 3.8) is 0 Å². The van der Waals surface area contributed by atoms with Crippen molar-refractivity contribution < 1.29 is 9.47 Å². The maximum Gasteiger partial charge on any atom is 0.179 e. The molecule has 0 aliphatic rings. The minimum atomic E-state index is 0.435. The summed E-state index contributed by atoms with van der Waals surface area (Å²) >= 11 is 6.07. The first kappa shape index (κ1) is 12.1. The van der Waals surface area contributed by atoms with Gasteiger partial charge in [0.15, 0.2) is 11.5 Å². The second-order valence-corrected chi connectivity index (χ2v) is 3.57. The standard InChI is InChI=1S/C11H16ClNO2/c1-3-4-15-11-9(12)5-8(7-13)6-10(11)14-2/h5-6H,3-4,7,13H2,1-2H3. The molecule has 0 unspecified atom stereocenters. The van der Waals surface area contributed by atoms with Crippen LogP contribution in [0.25, 0.3) is 0 Å². The Morgan fingerprint density at radius 3 is 2.67 bits per heavy atom. The molecule has 0 heterocycles. The monoisotopic (exact) mass is 229 g/mol. The van der Waals surface area contributed by atoms with E-state index < -0.39 is 0 Å². The summed E-state index contributed by atoms with van der Waals surface area (Å²) in [5, 5.41) is 0.545. The SMILES string of the molecule is CCCOc1c(Cl)cc(CN)cc1OC. The number of hydrogen-bond acceptors (Lipinski definition) is 3. The van der Waals surface area contributed by atoms with Crippen molar-refractivity contribution in [1.82, 2.24) is 0 Å². The van der Waals surface area contributed by atoms with E-state index in [1.165, 1.54) is 0 Å². The molecule has 0 saturated heterocycles. The molecule has 1 aromatic carbocycles. The van der Waals surface area contributed by atoms with Crippen LogP contribution in [-0.2, 0) is 6.54 Å². The average molecular weight is 230 g/mol. The first-order valence-corrected chi connectivity index (χ1v) is 5.30. The van der Waals surface area contributed by atoms with Crippen molar-refractivity contribution >= 4 is 11.6 Å². The lowest BCUT2D eigenvalue weighted by Crippen LogP contribution is -2.01. The van der Waals surface area contributed by atoms with Crippen molar-refractivity contribution in [3.05, 3.63) is 22.7 Å². The zero-order chi connectivity index (χ0) is 11.3. The average Bonchev–Trinajstić information content (AvgIpc) is 2.26. The highest BCUT2D eigenvalue weighted by atomic mass is 35.5. The van der Waals surface area contributed by atoms with Gasteiger partial charge in [-0.1, -0.05) is 18.5 Å². The predicted octanol–water partition coefficient (Wildman–Crippen LogP) is 2.60. The lowest BCUT2D eigenvalue weighted by atomic mass is 10.2. The second-order valence-electron chi connectivity index (χ2n) is 3.16. The molecule has 0 aromatic heterocycles. The number of halogens is 1. The van der Waals surface area contributed by atoms with Gasteiger partial charge in [-0.15, -0.1) is 0 Å². The molecule has 0 aliphatic carbocycles. The number of ether oxygens (including phenoxy) is 2. The van der Waals surface area contributed by atoms with E-state index in [0.29, 0.717) is 29.7 Å². The second kappa shape index (κ2) is 5.83. The topological polar surface area (TPSA) is 44.5 Å². The maximum atomic E-state index is 6.07. The maximum absolute atomic E-state index is 6.07. The normalized spacial score (nSPS) is 10.1. The van der Waals surface area contributed by atoms with Crippen LogP contribution < -0.4 is 15.2 Å². The Kier molecular flexibility index (Phi) is 4.72. The highest BCUT2D eigenvalue weighted by Crippen LogP contribution is 2.36. The Hall–Kier alpha value is -0.930. The van der Waals surface area contributed by atoms with Crippen LogP contribution in [0, 0.1) is 0 Å². The van der Waals surface area contributed by atoms with E-state index >= 15 is 0 Å². The summed E-state index contributed by atoms with van der Waals surface area (Å²) in [7, 11) is 1.59. The molecule has 3 nitrogen and oxygen atoms in total. The summed E-state index contributed by atoms with van der Waals surface area (Å²) in [6.07, 6.45) is 0.929. The van der Waals surface area contributed by atoms with E-state index in [9.17, 15) is 0 Å². The van der Waals surface area contributed by atoms with Crippen molar-refractivity contribution in [1.29, 1.82) is 0 Å². The first-order chi connectivity index (χ1) is 7.22. The van der Waals surface area contributed by atoms with E-state index in [1.807, 2.05) is 13.0 Å². The van der Waals surface area contributed by atoms with Crippen LogP contribution in [0.1, 0.15) is 18.9 Å². The van der Waals surface area contributed by atoms with Crippen LogP contribution >= 0.6 is 11.6 Å². The van der Waals surface area contributed by atoms with Crippen LogP contribution in [0.2, 0.25) is 5.02 Å². The van der Waals surface area contributed by atoms with Gasteiger partial charge in [-0.25, -0.2) is 0 Å². The molecule has 0 amide bonds. The molecule has 0 spiro atoms. The van der Waals surface area contributed by atoms with Gasteiger partial charge in [0.05, 0.1) is 18.7 Å². The number of rotatable bonds is 5. The van der Waals surface area contributed by atoms with E-state index in [2.05, 4.69) is 0 Å². The Labute approximate surface area is 95.1 Å². The quantitative estimate of drug-likeness (QED) is 0.844. The summed E-state index contributed by atoms with van der Waals surface area (Å²) in [4.78, 5) is 0. The zero-order valence-corrected chi connectivity index (χ0v) is 9.80. The Morgan fingerprint density at radius 1 is 1.40 bits per heavy atom.